The van der Waals surface area contributed by atoms with E-state index in [2.05, 4.69) is 0 Å². The second kappa shape index (κ2) is 9.92. The molecule has 1 aliphatic rings. The van der Waals surface area contributed by atoms with E-state index in [1.807, 2.05) is 42.2 Å². The van der Waals surface area contributed by atoms with Crippen LogP contribution in [0.15, 0.2) is 54.6 Å². The molecule has 29 heavy (non-hydrogen) atoms. The van der Waals surface area contributed by atoms with Crippen LogP contribution in [0, 0.1) is 5.92 Å². The van der Waals surface area contributed by atoms with Crippen molar-refractivity contribution >= 4 is 17.8 Å². The molecule has 2 aromatic carbocycles. The number of ether oxygens (including phenoxy) is 2. The lowest BCUT2D eigenvalue weighted by Crippen LogP contribution is -2.39. The third kappa shape index (κ3) is 5.47. The van der Waals surface area contributed by atoms with E-state index in [1.165, 1.54) is 0 Å². The molecule has 1 fully saturated rings. The van der Waals surface area contributed by atoms with E-state index in [1.54, 1.807) is 37.5 Å². The van der Waals surface area contributed by atoms with Crippen molar-refractivity contribution in [3.63, 3.8) is 0 Å². The molecule has 0 aliphatic carbocycles. The summed E-state index contributed by atoms with van der Waals surface area (Å²) in [5.41, 5.74) is 1.65. The van der Waals surface area contributed by atoms with Gasteiger partial charge in [-0.15, -0.1) is 0 Å². The fourth-order valence-corrected chi connectivity index (χ4v) is 3.47. The number of amides is 1. The number of hydrogen-bond acceptors (Lipinski definition) is 4. The maximum atomic E-state index is 12.7. The third-order valence-corrected chi connectivity index (χ3v) is 5.16. The van der Waals surface area contributed by atoms with Crippen molar-refractivity contribution in [2.24, 2.45) is 5.92 Å². The summed E-state index contributed by atoms with van der Waals surface area (Å²) in [4.78, 5) is 27.0. The van der Waals surface area contributed by atoms with Crippen LogP contribution in [0.1, 0.15) is 35.7 Å². The first-order valence-electron chi connectivity index (χ1n) is 9.99. The van der Waals surface area contributed by atoms with E-state index in [4.69, 9.17) is 9.47 Å². The molecule has 1 aliphatic heterocycles. The number of piperidine rings is 1. The molecule has 0 atom stereocenters. The zero-order valence-electron chi connectivity index (χ0n) is 17.0. The molecule has 0 saturated carbocycles. The molecular weight excluding hydrogens is 366 g/mol. The van der Waals surface area contributed by atoms with Gasteiger partial charge in [-0.2, -0.15) is 0 Å². The number of carbonyl (C=O) groups is 2. The van der Waals surface area contributed by atoms with Gasteiger partial charge in [-0.25, -0.2) is 0 Å². The van der Waals surface area contributed by atoms with E-state index in [9.17, 15) is 9.59 Å². The van der Waals surface area contributed by atoms with Crippen LogP contribution >= 0.6 is 0 Å². The summed E-state index contributed by atoms with van der Waals surface area (Å²) in [6.45, 7) is 3.77. The van der Waals surface area contributed by atoms with Gasteiger partial charge in [0.05, 0.1) is 13.7 Å². The molecule has 5 heteroatoms. The predicted molar refractivity (Wildman–Crippen MR) is 113 cm³/mol. The molecular formula is C24H27NO4. The first-order chi connectivity index (χ1) is 14.1. The van der Waals surface area contributed by atoms with Gasteiger partial charge < -0.3 is 14.4 Å². The summed E-state index contributed by atoms with van der Waals surface area (Å²) in [6, 6.07) is 14.8. The maximum absolute atomic E-state index is 12.7. The highest BCUT2D eigenvalue weighted by atomic mass is 16.5. The zero-order chi connectivity index (χ0) is 20.6. The lowest BCUT2D eigenvalue weighted by atomic mass is 9.89. The van der Waals surface area contributed by atoms with Crippen molar-refractivity contribution < 1.29 is 19.1 Å². The number of Topliss-reactive ketones (excluding diaryl/α,β-unsaturated/α-hetero) is 1. The first-order valence-corrected chi connectivity index (χ1v) is 9.99. The minimum atomic E-state index is -0.0393. The van der Waals surface area contributed by atoms with Gasteiger partial charge in [0, 0.05) is 30.6 Å². The number of methoxy groups -OCH3 is 1. The second-order valence-electron chi connectivity index (χ2n) is 7.03. The maximum Gasteiger partial charge on any atom is 0.246 e. The molecule has 0 aromatic heterocycles. The van der Waals surface area contributed by atoms with Gasteiger partial charge in [0.15, 0.2) is 5.78 Å². The zero-order valence-corrected chi connectivity index (χ0v) is 17.0. The molecule has 0 N–H and O–H groups in total. The Hall–Kier alpha value is -3.08. The smallest absolute Gasteiger partial charge is 0.246 e. The average Bonchev–Trinajstić information content (AvgIpc) is 2.78. The number of ketones is 1. The largest absolute Gasteiger partial charge is 0.497 e. The van der Waals surface area contributed by atoms with Crippen LogP contribution in [0.4, 0.5) is 0 Å². The molecule has 0 radical (unpaired) electrons. The molecule has 1 heterocycles. The van der Waals surface area contributed by atoms with Crippen molar-refractivity contribution in [2.75, 3.05) is 26.8 Å². The van der Waals surface area contributed by atoms with E-state index in [0.29, 0.717) is 38.1 Å². The molecule has 0 spiro atoms. The fourth-order valence-electron chi connectivity index (χ4n) is 3.47. The average molecular weight is 393 g/mol. The van der Waals surface area contributed by atoms with Crippen LogP contribution in [0.3, 0.4) is 0 Å². The van der Waals surface area contributed by atoms with Crippen LogP contribution in [0.5, 0.6) is 11.5 Å². The fraction of sp³-hybridized carbons (Fsp3) is 0.333. The normalized spacial score (nSPS) is 14.8. The van der Waals surface area contributed by atoms with Gasteiger partial charge >= 0.3 is 0 Å². The first kappa shape index (κ1) is 20.6. The Morgan fingerprint density at radius 2 is 1.62 bits per heavy atom. The summed E-state index contributed by atoms with van der Waals surface area (Å²) in [6.07, 6.45) is 4.79. The summed E-state index contributed by atoms with van der Waals surface area (Å²) in [5, 5.41) is 0. The number of nitrogens with zero attached hydrogens (tertiary/aromatic N) is 1. The van der Waals surface area contributed by atoms with Crippen LogP contribution in [0.25, 0.3) is 6.08 Å². The Bertz CT molecular complexity index is 847. The molecule has 0 bridgehead atoms. The number of benzene rings is 2. The molecule has 1 saturated heterocycles. The minimum Gasteiger partial charge on any atom is -0.497 e. The summed E-state index contributed by atoms with van der Waals surface area (Å²) >= 11 is 0. The van der Waals surface area contributed by atoms with Gasteiger partial charge in [-0.3, -0.25) is 9.59 Å². The Labute approximate surface area is 171 Å². The van der Waals surface area contributed by atoms with Crippen molar-refractivity contribution in [1.29, 1.82) is 0 Å². The molecule has 2 aromatic rings. The highest BCUT2D eigenvalue weighted by Crippen LogP contribution is 2.23. The SMILES string of the molecule is CCOc1ccc(/C=C/C(=O)N2CCC(C(=O)c3ccc(OC)cc3)CC2)cc1. The van der Waals surface area contributed by atoms with Gasteiger partial charge in [-0.1, -0.05) is 12.1 Å². The minimum absolute atomic E-state index is 0.0192. The van der Waals surface area contributed by atoms with Crippen molar-refractivity contribution in [3.8, 4) is 11.5 Å². The van der Waals surface area contributed by atoms with E-state index in [0.717, 1.165) is 17.1 Å². The van der Waals surface area contributed by atoms with E-state index < -0.39 is 0 Å². The predicted octanol–water partition coefficient (Wildman–Crippen LogP) is 4.23. The van der Waals surface area contributed by atoms with Gasteiger partial charge in [0.2, 0.25) is 5.91 Å². The monoisotopic (exact) mass is 393 g/mol. The van der Waals surface area contributed by atoms with E-state index >= 15 is 0 Å². The number of hydrogen-bond donors (Lipinski definition) is 0. The van der Waals surface area contributed by atoms with E-state index in [-0.39, 0.29) is 17.6 Å². The molecule has 1 amide bonds. The summed E-state index contributed by atoms with van der Waals surface area (Å²) in [7, 11) is 1.61. The van der Waals surface area contributed by atoms with Crippen LogP contribution in [-0.2, 0) is 4.79 Å². The Morgan fingerprint density at radius 1 is 1.00 bits per heavy atom. The van der Waals surface area contributed by atoms with Gasteiger partial charge in [0.25, 0.3) is 0 Å². The number of likely N-dealkylation sites (tertiary alicyclic amines) is 1. The quantitative estimate of drug-likeness (QED) is 0.522. The summed E-state index contributed by atoms with van der Waals surface area (Å²) in [5.74, 6) is 1.64. The highest BCUT2D eigenvalue weighted by Gasteiger charge is 2.27. The van der Waals surface area contributed by atoms with Gasteiger partial charge in [-0.05, 0) is 67.8 Å². The van der Waals surface area contributed by atoms with Crippen LogP contribution in [-0.4, -0.2) is 43.4 Å². The topological polar surface area (TPSA) is 55.8 Å². The molecule has 152 valence electrons. The lowest BCUT2D eigenvalue weighted by Gasteiger charge is -2.30. The van der Waals surface area contributed by atoms with Gasteiger partial charge in [0.1, 0.15) is 11.5 Å². The highest BCUT2D eigenvalue weighted by molar-refractivity contribution is 5.98. The molecule has 5 nitrogen and oxygen atoms in total. The number of carbonyl (C=O) groups excluding carboxylic acids is 2. The molecule has 3 rings (SSSR count). The Balaban J connectivity index is 1.51. The lowest BCUT2D eigenvalue weighted by molar-refractivity contribution is -0.127. The van der Waals surface area contributed by atoms with Crippen molar-refractivity contribution in [1.82, 2.24) is 4.90 Å². The van der Waals surface area contributed by atoms with Crippen LogP contribution in [0.2, 0.25) is 0 Å². The second-order valence-corrected chi connectivity index (χ2v) is 7.03. The summed E-state index contributed by atoms with van der Waals surface area (Å²) < 4.78 is 10.6. The standard InChI is InChI=1S/C24H27NO4/c1-3-29-22-9-4-18(5-10-22)6-13-23(26)25-16-14-20(15-17-25)24(27)19-7-11-21(28-2)12-8-19/h4-13,20H,3,14-17H2,1-2H3/b13-6+. The molecule has 0 unspecified atom stereocenters. The van der Waals surface area contributed by atoms with Crippen LogP contribution < -0.4 is 9.47 Å². The Kier molecular flexibility index (Phi) is 7.06. The van der Waals surface area contributed by atoms with Crippen molar-refractivity contribution in [3.05, 3.63) is 65.7 Å². The number of rotatable bonds is 7. The van der Waals surface area contributed by atoms with Crippen molar-refractivity contribution in [2.45, 2.75) is 19.8 Å². The Morgan fingerprint density at radius 3 is 2.21 bits per heavy atom. The third-order valence-electron chi connectivity index (χ3n) is 5.16.